The van der Waals surface area contributed by atoms with Gasteiger partial charge in [0.2, 0.25) is 10.0 Å². The van der Waals surface area contributed by atoms with Gasteiger partial charge < -0.3 is 10.1 Å². The van der Waals surface area contributed by atoms with E-state index >= 15 is 0 Å². The Labute approximate surface area is 164 Å². The number of hydrogen-bond acceptors (Lipinski definition) is 4. The number of aryl methyl sites for hydroxylation is 2. The highest BCUT2D eigenvalue weighted by Gasteiger charge is 2.31. The Morgan fingerprint density at radius 3 is 2.63 bits per heavy atom. The molecular weight excluding hydrogens is 388 g/mol. The number of ether oxygens (including phenoxy) is 1. The number of halogens is 1. The maximum absolute atomic E-state index is 12.8. The second kappa shape index (κ2) is 7.40. The van der Waals surface area contributed by atoms with Gasteiger partial charge in [-0.15, -0.1) is 0 Å². The molecule has 0 fully saturated rings. The molecule has 0 saturated heterocycles. The summed E-state index contributed by atoms with van der Waals surface area (Å²) in [6, 6.07) is 10.5. The molecule has 6 nitrogen and oxygen atoms in total. The van der Waals surface area contributed by atoms with Crippen LogP contribution >= 0.6 is 11.6 Å². The van der Waals surface area contributed by atoms with Crippen LogP contribution in [0.1, 0.15) is 17.5 Å². The third-order valence-corrected chi connectivity index (χ3v) is 5.80. The van der Waals surface area contributed by atoms with Gasteiger partial charge in [-0.05, 0) is 55.3 Å². The highest BCUT2D eigenvalue weighted by Crippen LogP contribution is 2.35. The molecule has 3 rings (SSSR count). The summed E-state index contributed by atoms with van der Waals surface area (Å²) in [5.41, 5.74) is 2.83. The SMILES string of the molecule is Cc1ccc2c(c1)N(S(C)(=O)=O)CC[C@H](C(=O)Nc1ccc(Cl)cc1C)O2. The van der Waals surface area contributed by atoms with Gasteiger partial charge >= 0.3 is 0 Å². The molecule has 1 amide bonds. The Bertz CT molecular complexity index is 991. The summed E-state index contributed by atoms with van der Waals surface area (Å²) in [5.74, 6) is 0.0406. The van der Waals surface area contributed by atoms with Gasteiger partial charge in [0.05, 0.1) is 11.9 Å². The molecule has 0 aromatic heterocycles. The maximum Gasteiger partial charge on any atom is 0.265 e. The van der Waals surface area contributed by atoms with Crippen LogP contribution in [0, 0.1) is 13.8 Å². The van der Waals surface area contributed by atoms with Gasteiger partial charge in [-0.3, -0.25) is 9.10 Å². The van der Waals surface area contributed by atoms with E-state index in [1.807, 2.05) is 19.9 Å². The molecule has 144 valence electrons. The molecule has 1 aliphatic heterocycles. The highest BCUT2D eigenvalue weighted by molar-refractivity contribution is 7.92. The number of carbonyl (C=O) groups is 1. The number of amides is 1. The van der Waals surface area contributed by atoms with Crippen LogP contribution in [0.2, 0.25) is 5.02 Å². The summed E-state index contributed by atoms with van der Waals surface area (Å²) >= 11 is 5.95. The van der Waals surface area contributed by atoms with Crippen molar-refractivity contribution < 1.29 is 17.9 Å². The molecule has 8 heteroatoms. The summed E-state index contributed by atoms with van der Waals surface area (Å²) in [6.07, 6.45) is 0.573. The maximum atomic E-state index is 12.8. The van der Waals surface area contributed by atoms with Crippen molar-refractivity contribution in [3.05, 3.63) is 52.5 Å². The quantitative estimate of drug-likeness (QED) is 0.843. The van der Waals surface area contributed by atoms with Crippen molar-refractivity contribution in [2.24, 2.45) is 0 Å². The van der Waals surface area contributed by atoms with Crippen LogP contribution in [-0.4, -0.2) is 33.2 Å². The number of sulfonamides is 1. The zero-order chi connectivity index (χ0) is 19.8. The third-order valence-electron chi connectivity index (χ3n) is 4.39. The number of hydrogen-bond donors (Lipinski definition) is 1. The molecule has 0 saturated carbocycles. The predicted octanol–water partition coefficient (Wildman–Crippen LogP) is 3.51. The second-order valence-electron chi connectivity index (χ2n) is 6.65. The van der Waals surface area contributed by atoms with E-state index in [9.17, 15) is 13.2 Å². The lowest BCUT2D eigenvalue weighted by Crippen LogP contribution is -2.36. The molecule has 27 heavy (non-hydrogen) atoms. The zero-order valence-electron chi connectivity index (χ0n) is 15.3. The largest absolute Gasteiger partial charge is 0.478 e. The minimum Gasteiger partial charge on any atom is -0.478 e. The van der Waals surface area contributed by atoms with Gasteiger partial charge in [-0.1, -0.05) is 17.7 Å². The Morgan fingerprint density at radius 1 is 1.22 bits per heavy atom. The molecule has 1 atom stereocenters. The molecule has 0 radical (unpaired) electrons. The van der Waals surface area contributed by atoms with E-state index in [0.29, 0.717) is 22.1 Å². The molecular formula is C19H21ClN2O4S. The molecule has 1 heterocycles. The number of benzene rings is 2. The number of nitrogens with one attached hydrogen (secondary N) is 1. The van der Waals surface area contributed by atoms with Gasteiger partial charge in [0, 0.05) is 23.7 Å². The average molecular weight is 409 g/mol. The first kappa shape index (κ1) is 19.5. The summed E-state index contributed by atoms with van der Waals surface area (Å²) < 4.78 is 31.6. The topological polar surface area (TPSA) is 75.7 Å². The number of anilines is 2. The fourth-order valence-corrected chi connectivity index (χ4v) is 4.16. The van der Waals surface area contributed by atoms with E-state index in [1.165, 1.54) is 4.31 Å². The van der Waals surface area contributed by atoms with Crippen LogP contribution in [0.25, 0.3) is 0 Å². The number of carbonyl (C=O) groups excluding carboxylic acids is 1. The van der Waals surface area contributed by atoms with E-state index in [-0.39, 0.29) is 18.9 Å². The van der Waals surface area contributed by atoms with E-state index in [4.69, 9.17) is 16.3 Å². The summed E-state index contributed by atoms with van der Waals surface area (Å²) in [7, 11) is -3.49. The van der Waals surface area contributed by atoms with Crippen molar-refractivity contribution in [1.29, 1.82) is 0 Å². The van der Waals surface area contributed by atoms with E-state index in [0.717, 1.165) is 17.4 Å². The Hall–Kier alpha value is -2.25. The zero-order valence-corrected chi connectivity index (χ0v) is 16.9. The molecule has 0 bridgehead atoms. The predicted molar refractivity (Wildman–Crippen MR) is 107 cm³/mol. The van der Waals surface area contributed by atoms with Gasteiger partial charge in [-0.25, -0.2) is 8.42 Å². The van der Waals surface area contributed by atoms with Crippen molar-refractivity contribution >= 4 is 38.9 Å². The molecule has 1 N–H and O–H groups in total. The molecule has 0 unspecified atom stereocenters. The highest BCUT2D eigenvalue weighted by atomic mass is 35.5. The van der Waals surface area contributed by atoms with Gasteiger partial charge in [0.15, 0.2) is 6.10 Å². The van der Waals surface area contributed by atoms with Crippen molar-refractivity contribution in [3.8, 4) is 5.75 Å². The van der Waals surface area contributed by atoms with Crippen molar-refractivity contribution in [2.45, 2.75) is 26.4 Å². The molecule has 1 aliphatic rings. The fraction of sp³-hybridized carbons (Fsp3) is 0.316. The van der Waals surface area contributed by atoms with Crippen molar-refractivity contribution in [2.75, 3.05) is 22.4 Å². The lowest BCUT2D eigenvalue weighted by molar-refractivity contribution is -0.122. The average Bonchev–Trinajstić information content (AvgIpc) is 2.76. The smallest absolute Gasteiger partial charge is 0.265 e. The summed E-state index contributed by atoms with van der Waals surface area (Å²) in [6.45, 7) is 3.88. The van der Waals surface area contributed by atoms with Crippen LogP contribution < -0.4 is 14.4 Å². The number of fused-ring (bicyclic) bond motifs is 1. The van der Waals surface area contributed by atoms with Crippen LogP contribution in [0.3, 0.4) is 0 Å². The lowest BCUT2D eigenvalue weighted by atomic mass is 10.2. The third kappa shape index (κ3) is 4.36. The van der Waals surface area contributed by atoms with Crippen LogP contribution in [-0.2, 0) is 14.8 Å². The van der Waals surface area contributed by atoms with Gasteiger partial charge in [0.1, 0.15) is 5.75 Å². The first-order valence-corrected chi connectivity index (χ1v) is 10.7. The summed E-state index contributed by atoms with van der Waals surface area (Å²) in [5, 5.41) is 3.43. The first-order valence-electron chi connectivity index (χ1n) is 8.47. The Kier molecular flexibility index (Phi) is 5.35. The molecule has 0 spiro atoms. The Morgan fingerprint density at radius 2 is 1.96 bits per heavy atom. The fourth-order valence-electron chi connectivity index (χ4n) is 3.00. The van der Waals surface area contributed by atoms with E-state index in [2.05, 4.69) is 5.32 Å². The monoisotopic (exact) mass is 408 g/mol. The minimum atomic E-state index is -3.49. The summed E-state index contributed by atoms with van der Waals surface area (Å²) in [4.78, 5) is 12.8. The Balaban J connectivity index is 1.88. The van der Waals surface area contributed by atoms with Crippen LogP contribution in [0.5, 0.6) is 5.75 Å². The lowest BCUT2D eigenvalue weighted by Gasteiger charge is -2.21. The molecule has 2 aromatic carbocycles. The van der Waals surface area contributed by atoms with E-state index < -0.39 is 16.1 Å². The van der Waals surface area contributed by atoms with E-state index in [1.54, 1.807) is 30.3 Å². The molecule has 2 aromatic rings. The van der Waals surface area contributed by atoms with Gasteiger partial charge in [0.25, 0.3) is 5.91 Å². The van der Waals surface area contributed by atoms with Crippen molar-refractivity contribution in [3.63, 3.8) is 0 Å². The number of nitrogens with zero attached hydrogens (tertiary/aromatic N) is 1. The standard InChI is InChI=1S/C19H21ClN2O4S/c1-12-4-7-17-16(10-12)22(27(3,24)25)9-8-18(26-17)19(23)21-15-6-5-14(20)11-13(15)2/h4-7,10-11,18H,8-9H2,1-3H3,(H,21,23)/t18-/m1/s1. The normalized spacial score (nSPS) is 16.9. The first-order chi connectivity index (χ1) is 12.6. The molecule has 0 aliphatic carbocycles. The second-order valence-corrected chi connectivity index (χ2v) is 8.99. The van der Waals surface area contributed by atoms with Crippen molar-refractivity contribution in [1.82, 2.24) is 0 Å². The number of rotatable bonds is 3. The minimum absolute atomic E-state index is 0.160. The van der Waals surface area contributed by atoms with Crippen LogP contribution in [0.15, 0.2) is 36.4 Å². The van der Waals surface area contributed by atoms with Gasteiger partial charge in [-0.2, -0.15) is 0 Å². The van der Waals surface area contributed by atoms with Crippen LogP contribution in [0.4, 0.5) is 11.4 Å².